The van der Waals surface area contributed by atoms with E-state index in [4.69, 9.17) is 0 Å². The van der Waals surface area contributed by atoms with Gasteiger partial charge in [0.15, 0.2) is 0 Å². The van der Waals surface area contributed by atoms with Crippen LogP contribution in [0.25, 0.3) is 11.1 Å². The van der Waals surface area contributed by atoms with Gasteiger partial charge in [0.2, 0.25) is 0 Å². The standard InChI is InChI=1S/C44H38P2/c1-45(39-19-9-3-10-20-39,40-21-11-4-12-22-40)41-31-27-37(28-32-41)38-29-33-44(34-30-38)46(42-23-13-5-14-24-42,43-25-15-6-16-26-43)35-36-17-7-2-8-18-36/h2-34H,35H2,1H3/q+2. The molecule has 0 aliphatic heterocycles. The number of hydrogen-bond donors (Lipinski definition) is 0. The molecule has 222 valence electrons. The van der Waals surface area contributed by atoms with Gasteiger partial charge in [0.25, 0.3) is 0 Å². The molecule has 0 amide bonds. The first-order valence-corrected chi connectivity index (χ1v) is 20.1. The molecule has 0 nitrogen and oxygen atoms in total. The molecule has 0 saturated carbocycles. The molecule has 0 atom stereocenters. The molecule has 0 radical (unpaired) electrons. The summed E-state index contributed by atoms with van der Waals surface area (Å²) in [5.41, 5.74) is 3.86. The first-order valence-electron chi connectivity index (χ1n) is 15.9. The van der Waals surface area contributed by atoms with Crippen molar-refractivity contribution in [3.05, 3.63) is 206 Å². The highest BCUT2D eigenvalue weighted by molar-refractivity contribution is 7.95. The Labute approximate surface area is 275 Å². The molecular weight excluding hydrogens is 590 g/mol. The summed E-state index contributed by atoms with van der Waals surface area (Å²) in [5, 5.41) is 8.42. The Morgan fingerprint density at radius 3 is 0.978 bits per heavy atom. The van der Waals surface area contributed by atoms with Crippen molar-refractivity contribution in [1.82, 2.24) is 0 Å². The maximum Gasteiger partial charge on any atom is 0.116 e. The van der Waals surface area contributed by atoms with Gasteiger partial charge in [-0.25, -0.2) is 0 Å². The van der Waals surface area contributed by atoms with E-state index in [0.717, 1.165) is 6.16 Å². The number of rotatable bonds is 9. The van der Waals surface area contributed by atoms with Crippen LogP contribution in [0.2, 0.25) is 0 Å². The lowest BCUT2D eigenvalue weighted by Crippen LogP contribution is -2.32. The van der Waals surface area contributed by atoms with E-state index >= 15 is 0 Å². The van der Waals surface area contributed by atoms with Crippen LogP contribution < -0.4 is 31.8 Å². The Morgan fingerprint density at radius 2 is 0.587 bits per heavy atom. The van der Waals surface area contributed by atoms with Crippen LogP contribution in [-0.2, 0) is 6.16 Å². The Hall–Kier alpha value is -4.60. The van der Waals surface area contributed by atoms with Gasteiger partial charge in [0.1, 0.15) is 46.4 Å². The third-order valence-electron chi connectivity index (χ3n) is 9.23. The molecule has 7 rings (SSSR count). The van der Waals surface area contributed by atoms with Crippen molar-refractivity contribution in [2.45, 2.75) is 6.16 Å². The molecule has 0 spiro atoms. The van der Waals surface area contributed by atoms with Gasteiger partial charge in [0, 0.05) is 0 Å². The van der Waals surface area contributed by atoms with Crippen LogP contribution in [-0.4, -0.2) is 6.66 Å². The van der Waals surface area contributed by atoms with E-state index in [9.17, 15) is 0 Å². The molecule has 0 saturated heterocycles. The molecule has 0 fully saturated rings. The molecule has 0 bridgehead atoms. The Morgan fingerprint density at radius 1 is 0.304 bits per heavy atom. The molecule has 0 aliphatic rings. The van der Waals surface area contributed by atoms with Crippen LogP contribution in [0, 0.1) is 0 Å². The van der Waals surface area contributed by atoms with Crippen molar-refractivity contribution >= 4 is 46.4 Å². The third-order valence-corrected chi connectivity index (χ3v) is 17.6. The maximum absolute atomic E-state index is 2.45. The molecule has 0 N–H and O–H groups in total. The topological polar surface area (TPSA) is 0 Å². The van der Waals surface area contributed by atoms with E-state index in [-0.39, 0.29) is 0 Å². The Kier molecular flexibility index (Phi) is 8.76. The SMILES string of the molecule is C[P+](c1ccccc1)(c1ccccc1)c1ccc(-c2ccc([P+](Cc3ccccc3)(c3ccccc3)c3ccccc3)cc2)cc1. The Balaban J connectivity index is 1.29. The van der Waals surface area contributed by atoms with Gasteiger partial charge in [-0.15, -0.1) is 0 Å². The van der Waals surface area contributed by atoms with Gasteiger partial charge >= 0.3 is 0 Å². The normalized spacial score (nSPS) is 11.7. The van der Waals surface area contributed by atoms with Crippen molar-refractivity contribution < 1.29 is 0 Å². The highest BCUT2D eigenvalue weighted by Crippen LogP contribution is 2.58. The van der Waals surface area contributed by atoms with Crippen LogP contribution in [0.3, 0.4) is 0 Å². The predicted octanol–water partition coefficient (Wildman–Crippen LogP) is 8.77. The maximum atomic E-state index is 2.45. The minimum absolute atomic E-state index is 0.983. The van der Waals surface area contributed by atoms with E-state index in [2.05, 4.69) is 207 Å². The monoisotopic (exact) mass is 628 g/mol. The summed E-state index contributed by atoms with van der Waals surface area (Å²) in [6.45, 7) is 2.45. The molecule has 7 aromatic carbocycles. The zero-order valence-electron chi connectivity index (χ0n) is 26.2. The molecule has 0 heterocycles. The third kappa shape index (κ3) is 5.76. The van der Waals surface area contributed by atoms with Gasteiger partial charge in [-0.3, -0.25) is 0 Å². The van der Waals surface area contributed by atoms with Gasteiger partial charge in [0.05, 0.1) is 12.8 Å². The van der Waals surface area contributed by atoms with Crippen LogP contribution in [0.5, 0.6) is 0 Å². The lowest BCUT2D eigenvalue weighted by atomic mass is 10.1. The Bertz CT molecular complexity index is 1890. The van der Waals surface area contributed by atoms with E-state index in [1.807, 2.05) is 0 Å². The van der Waals surface area contributed by atoms with Crippen molar-refractivity contribution in [2.75, 3.05) is 6.66 Å². The molecule has 46 heavy (non-hydrogen) atoms. The average Bonchev–Trinajstić information content (AvgIpc) is 3.15. The van der Waals surface area contributed by atoms with Crippen molar-refractivity contribution in [3.63, 3.8) is 0 Å². The minimum atomic E-state index is -1.98. The lowest BCUT2D eigenvalue weighted by molar-refractivity contribution is 1.39. The zero-order valence-corrected chi connectivity index (χ0v) is 27.9. The smallest absolute Gasteiger partial charge is 0.0622 e. The molecule has 7 aromatic rings. The highest BCUT2D eigenvalue weighted by atomic mass is 31.2. The second-order valence-electron chi connectivity index (χ2n) is 11.9. The quantitative estimate of drug-likeness (QED) is 0.140. The fourth-order valence-corrected chi connectivity index (χ4v) is 14.1. The summed E-state index contributed by atoms with van der Waals surface area (Å²) in [6, 6.07) is 74.1. The van der Waals surface area contributed by atoms with Crippen LogP contribution >= 0.6 is 14.5 Å². The average molecular weight is 629 g/mol. The molecule has 0 aliphatic carbocycles. The van der Waals surface area contributed by atoms with Crippen molar-refractivity contribution in [1.29, 1.82) is 0 Å². The fourth-order valence-electron chi connectivity index (χ4n) is 6.70. The zero-order chi connectivity index (χ0) is 31.2. The number of benzene rings is 7. The first-order chi connectivity index (χ1) is 22.7. The lowest BCUT2D eigenvalue weighted by Gasteiger charge is -2.28. The largest absolute Gasteiger partial charge is 0.116 e. The fraction of sp³-hybridized carbons (Fsp3) is 0.0455. The minimum Gasteiger partial charge on any atom is -0.0622 e. The number of hydrogen-bond acceptors (Lipinski definition) is 0. The van der Waals surface area contributed by atoms with Crippen LogP contribution in [0.1, 0.15) is 5.56 Å². The summed E-state index contributed by atoms with van der Waals surface area (Å²) < 4.78 is 0. The summed E-state index contributed by atoms with van der Waals surface area (Å²) in [4.78, 5) is 0. The summed E-state index contributed by atoms with van der Waals surface area (Å²) in [6.07, 6.45) is 0.983. The summed E-state index contributed by atoms with van der Waals surface area (Å²) in [5.74, 6) is 0. The van der Waals surface area contributed by atoms with E-state index < -0.39 is 14.5 Å². The van der Waals surface area contributed by atoms with E-state index in [1.54, 1.807) is 0 Å². The molecule has 0 aromatic heterocycles. The summed E-state index contributed by atoms with van der Waals surface area (Å²) in [7, 11) is -3.75. The van der Waals surface area contributed by atoms with Crippen LogP contribution in [0.15, 0.2) is 200 Å². The summed E-state index contributed by atoms with van der Waals surface area (Å²) >= 11 is 0. The predicted molar refractivity (Wildman–Crippen MR) is 205 cm³/mol. The van der Waals surface area contributed by atoms with E-state index in [1.165, 1.54) is 48.5 Å². The second kappa shape index (κ2) is 13.4. The van der Waals surface area contributed by atoms with E-state index in [0.29, 0.717) is 0 Å². The first kappa shape index (κ1) is 30.1. The molecule has 2 heteroatoms. The second-order valence-corrected chi connectivity index (χ2v) is 18.9. The van der Waals surface area contributed by atoms with Gasteiger partial charge in [-0.2, -0.15) is 0 Å². The van der Waals surface area contributed by atoms with Gasteiger partial charge in [-0.05, 0) is 89.5 Å². The van der Waals surface area contributed by atoms with Crippen molar-refractivity contribution in [3.8, 4) is 11.1 Å². The highest BCUT2D eigenvalue weighted by Gasteiger charge is 2.45. The molecule has 0 unspecified atom stereocenters. The van der Waals surface area contributed by atoms with Gasteiger partial charge < -0.3 is 0 Å². The van der Waals surface area contributed by atoms with Crippen molar-refractivity contribution in [2.24, 2.45) is 0 Å². The van der Waals surface area contributed by atoms with Gasteiger partial charge in [-0.1, -0.05) is 127 Å². The van der Waals surface area contributed by atoms with Crippen LogP contribution in [0.4, 0.5) is 0 Å². The molecular formula is C44H38P2+2.